The third-order valence-corrected chi connectivity index (χ3v) is 2.32. The van der Waals surface area contributed by atoms with Crippen molar-refractivity contribution >= 4 is 10.8 Å². The Morgan fingerprint density at radius 2 is 1.94 bits per heavy atom. The van der Waals surface area contributed by atoms with E-state index in [0.29, 0.717) is 5.56 Å². The first kappa shape index (κ1) is 10.8. The van der Waals surface area contributed by atoms with Crippen LogP contribution in [0.5, 0.6) is 5.75 Å². The molecule has 2 aromatic rings. The van der Waals surface area contributed by atoms with Crippen LogP contribution in [-0.2, 0) is 6.61 Å². The number of hydrogen-bond acceptors (Lipinski definition) is 2. The van der Waals surface area contributed by atoms with Gasteiger partial charge in [-0.25, -0.2) is 0 Å². The molecule has 16 heavy (non-hydrogen) atoms. The maximum atomic E-state index is 12.1. The summed E-state index contributed by atoms with van der Waals surface area (Å²) in [5.41, 5.74) is 0.578. The van der Waals surface area contributed by atoms with Crippen molar-refractivity contribution in [1.29, 1.82) is 0 Å². The Labute approximate surface area is 91.1 Å². The van der Waals surface area contributed by atoms with Crippen LogP contribution in [0.25, 0.3) is 10.8 Å². The van der Waals surface area contributed by atoms with Crippen LogP contribution in [0.1, 0.15) is 5.56 Å². The van der Waals surface area contributed by atoms with Gasteiger partial charge in [-0.3, -0.25) is 0 Å². The number of alkyl halides is 2. The van der Waals surface area contributed by atoms with Gasteiger partial charge in [0, 0.05) is 0 Å². The number of fused-ring (bicyclic) bond motifs is 1. The van der Waals surface area contributed by atoms with Gasteiger partial charge in [-0.05, 0) is 28.5 Å². The van der Waals surface area contributed by atoms with Gasteiger partial charge >= 0.3 is 6.61 Å². The van der Waals surface area contributed by atoms with Crippen molar-refractivity contribution in [3.8, 4) is 5.75 Å². The number of ether oxygens (including phenoxy) is 1. The molecule has 0 bridgehead atoms. The Bertz CT molecular complexity index is 497. The van der Waals surface area contributed by atoms with Crippen LogP contribution in [0.2, 0.25) is 0 Å². The maximum Gasteiger partial charge on any atom is 0.387 e. The van der Waals surface area contributed by atoms with Gasteiger partial charge in [0.2, 0.25) is 0 Å². The average Bonchev–Trinajstić information content (AvgIpc) is 2.27. The fourth-order valence-corrected chi connectivity index (χ4v) is 1.66. The van der Waals surface area contributed by atoms with Crippen molar-refractivity contribution in [3.05, 3.63) is 42.0 Å². The molecule has 0 fully saturated rings. The summed E-state index contributed by atoms with van der Waals surface area (Å²) in [4.78, 5) is 0. The van der Waals surface area contributed by atoms with Crippen LogP contribution in [-0.4, -0.2) is 11.7 Å². The summed E-state index contributed by atoms with van der Waals surface area (Å²) in [5.74, 6) is 0.0674. The van der Waals surface area contributed by atoms with Crippen LogP contribution in [0.15, 0.2) is 36.4 Å². The molecule has 0 heterocycles. The highest BCUT2D eigenvalue weighted by Gasteiger charge is 2.08. The van der Waals surface area contributed by atoms with E-state index in [9.17, 15) is 8.78 Å². The summed E-state index contributed by atoms with van der Waals surface area (Å²) in [6.45, 7) is -3.06. The molecular formula is C12H10F2O2. The first-order valence-electron chi connectivity index (χ1n) is 4.78. The Hall–Kier alpha value is -1.68. The normalized spacial score (nSPS) is 11.0. The molecule has 0 spiro atoms. The number of aliphatic hydroxyl groups excluding tert-OH is 1. The van der Waals surface area contributed by atoms with Crippen molar-refractivity contribution < 1.29 is 18.6 Å². The molecule has 0 aliphatic rings. The molecule has 0 aliphatic carbocycles. The highest BCUT2D eigenvalue weighted by atomic mass is 19.3. The van der Waals surface area contributed by atoms with Crippen molar-refractivity contribution in [3.63, 3.8) is 0 Å². The molecule has 0 saturated carbocycles. The van der Waals surface area contributed by atoms with Gasteiger partial charge in [0.05, 0.1) is 6.61 Å². The summed E-state index contributed by atoms with van der Waals surface area (Å²) in [6.07, 6.45) is 0. The summed E-state index contributed by atoms with van der Waals surface area (Å²) in [5, 5.41) is 10.8. The number of aliphatic hydroxyl groups is 1. The Kier molecular flexibility index (Phi) is 3.01. The van der Waals surface area contributed by atoms with Gasteiger partial charge < -0.3 is 9.84 Å². The molecule has 0 aromatic heterocycles. The lowest BCUT2D eigenvalue weighted by atomic mass is 10.0. The predicted octanol–water partition coefficient (Wildman–Crippen LogP) is 2.93. The lowest BCUT2D eigenvalue weighted by Crippen LogP contribution is -2.02. The summed E-state index contributed by atoms with van der Waals surface area (Å²) >= 11 is 0. The van der Waals surface area contributed by atoms with E-state index in [2.05, 4.69) is 4.74 Å². The first-order valence-corrected chi connectivity index (χ1v) is 4.78. The molecule has 2 nitrogen and oxygen atoms in total. The standard InChI is InChI=1S/C12H10F2O2/c13-12(14)16-10-5-8-3-1-2-4-11(8)9(6-10)7-15/h1-6,12,15H,7H2. The Morgan fingerprint density at radius 3 is 2.62 bits per heavy atom. The Balaban J connectivity index is 2.54. The third-order valence-electron chi connectivity index (χ3n) is 2.32. The molecule has 0 saturated heterocycles. The quantitative estimate of drug-likeness (QED) is 0.868. The molecule has 0 radical (unpaired) electrons. The molecule has 84 valence electrons. The van der Waals surface area contributed by atoms with Gasteiger partial charge in [-0.15, -0.1) is 0 Å². The largest absolute Gasteiger partial charge is 0.435 e. The fourth-order valence-electron chi connectivity index (χ4n) is 1.66. The monoisotopic (exact) mass is 224 g/mol. The lowest BCUT2D eigenvalue weighted by Gasteiger charge is -2.09. The minimum atomic E-state index is -2.85. The smallest absolute Gasteiger partial charge is 0.387 e. The van der Waals surface area contributed by atoms with Gasteiger partial charge in [0.15, 0.2) is 0 Å². The second-order valence-corrected chi connectivity index (χ2v) is 3.34. The zero-order valence-corrected chi connectivity index (χ0v) is 8.36. The molecule has 1 N–H and O–H groups in total. The first-order chi connectivity index (χ1) is 7.70. The van der Waals surface area contributed by atoms with Crippen LogP contribution >= 0.6 is 0 Å². The topological polar surface area (TPSA) is 29.5 Å². The van der Waals surface area contributed by atoms with E-state index in [1.807, 2.05) is 12.1 Å². The minimum Gasteiger partial charge on any atom is -0.435 e. The van der Waals surface area contributed by atoms with E-state index in [-0.39, 0.29) is 12.4 Å². The van der Waals surface area contributed by atoms with E-state index >= 15 is 0 Å². The van der Waals surface area contributed by atoms with E-state index in [4.69, 9.17) is 5.11 Å². The number of halogens is 2. The highest BCUT2D eigenvalue weighted by molar-refractivity contribution is 5.87. The minimum absolute atomic E-state index is 0.0674. The molecule has 2 rings (SSSR count). The number of rotatable bonds is 3. The highest BCUT2D eigenvalue weighted by Crippen LogP contribution is 2.26. The summed E-state index contributed by atoms with van der Waals surface area (Å²) in [6, 6.07) is 10.2. The SMILES string of the molecule is OCc1cc(OC(F)F)cc2ccccc12. The maximum absolute atomic E-state index is 12.1. The Morgan fingerprint density at radius 1 is 1.19 bits per heavy atom. The molecule has 0 unspecified atom stereocenters. The lowest BCUT2D eigenvalue weighted by molar-refractivity contribution is -0.0498. The van der Waals surface area contributed by atoms with Crippen molar-refractivity contribution in [2.24, 2.45) is 0 Å². The molecule has 0 aliphatic heterocycles. The third kappa shape index (κ3) is 2.12. The summed E-state index contributed by atoms with van der Waals surface area (Å²) < 4.78 is 28.5. The number of benzene rings is 2. The second kappa shape index (κ2) is 4.45. The molecule has 0 atom stereocenters. The molecule has 4 heteroatoms. The van der Waals surface area contributed by atoms with E-state index in [1.165, 1.54) is 12.1 Å². The second-order valence-electron chi connectivity index (χ2n) is 3.34. The van der Waals surface area contributed by atoms with Crippen molar-refractivity contribution in [2.75, 3.05) is 0 Å². The molecule has 2 aromatic carbocycles. The van der Waals surface area contributed by atoms with Crippen LogP contribution < -0.4 is 4.74 Å². The van der Waals surface area contributed by atoms with Gasteiger partial charge in [0.25, 0.3) is 0 Å². The van der Waals surface area contributed by atoms with Gasteiger partial charge in [-0.2, -0.15) is 8.78 Å². The zero-order chi connectivity index (χ0) is 11.5. The number of hydrogen-bond donors (Lipinski definition) is 1. The summed E-state index contributed by atoms with van der Waals surface area (Å²) in [7, 11) is 0. The van der Waals surface area contributed by atoms with Gasteiger partial charge in [-0.1, -0.05) is 24.3 Å². The molecular weight excluding hydrogens is 214 g/mol. The van der Waals surface area contributed by atoms with E-state index < -0.39 is 6.61 Å². The average molecular weight is 224 g/mol. The molecule has 0 amide bonds. The predicted molar refractivity (Wildman–Crippen MR) is 56.5 cm³/mol. The van der Waals surface area contributed by atoms with Crippen LogP contribution in [0, 0.1) is 0 Å². The van der Waals surface area contributed by atoms with Crippen LogP contribution in [0.4, 0.5) is 8.78 Å². The van der Waals surface area contributed by atoms with E-state index in [0.717, 1.165) is 10.8 Å². The van der Waals surface area contributed by atoms with Gasteiger partial charge in [0.1, 0.15) is 5.75 Å². The van der Waals surface area contributed by atoms with Crippen molar-refractivity contribution in [2.45, 2.75) is 13.2 Å². The zero-order valence-electron chi connectivity index (χ0n) is 8.36. The van der Waals surface area contributed by atoms with Crippen LogP contribution in [0.3, 0.4) is 0 Å². The van der Waals surface area contributed by atoms with Crippen molar-refractivity contribution in [1.82, 2.24) is 0 Å². The fraction of sp³-hybridized carbons (Fsp3) is 0.167. The van der Waals surface area contributed by atoms with E-state index in [1.54, 1.807) is 12.1 Å².